The molecule has 7 aromatic rings. The lowest BCUT2D eigenvalue weighted by atomic mass is 9.55. The Kier molecular flexibility index (Phi) is 5.88. The Labute approximate surface area is 282 Å². The van der Waals surface area contributed by atoms with Gasteiger partial charge in [-0.15, -0.1) is 11.3 Å². The Balaban J connectivity index is 1.25. The molecule has 2 aliphatic rings. The summed E-state index contributed by atoms with van der Waals surface area (Å²) >= 11 is 1.95. The highest BCUT2D eigenvalue weighted by Gasteiger charge is 2.47. The van der Waals surface area contributed by atoms with Crippen molar-refractivity contribution in [3.05, 3.63) is 150 Å². The van der Waals surface area contributed by atoms with Gasteiger partial charge in [0.2, 0.25) is 0 Å². The predicted molar refractivity (Wildman–Crippen MR) is 203 cm³/mol. The standard InChI is InChI=1S/C45H39NS/c1-43(2)37-18-12-10-16-31(37)32-22-20-29(26-38(32)43)46(28-14-8-7-9-15-28)30-21-23-33-35-24-25-36-34-17-11-13-19-40(34)47-42(36)41(35)45(5,6)44(3,4)39(33)27-30/h7-27H,1-6H3. The van der Waals surface area contributed by atoms with Crippen LogP contribution in [0.3, 0.4) is 0 Å². The lowest BCUT2D eigenvalue weighted by molar-refractivity contribution is 0.301. The molecule has 1 heterocycles. The fourth-order valence-electron chi connectivity index (χ4n) is 8.56. The molecule has 6 aromatic carbocycles. The number of hydrogen-bond acceptors (Lipinski definition) is 2. The van der Waals surface area contributed by atoms with Gasteiger partial charge in [0.25, 0.3) is 0 Å². The topological polar surface area (TPSA) is 3.24 Å². The smallest absolute Gasteiger partial charge is 0.0465 e. The SMILES string of the molecule is CC1(C)c2ccccc2-c2ccc(N(c3ccccc3)c3ccc4c(c3)C(C)(C)C(C)(C)c3c-4ccc4c3sc3ccccc34)cc21. The van der Waals surface area contributed by atoms with E-state index in [2.05, 4.69) is 174 Å². The van der Waals surface area contributed by atoms with E-state index in [1.807, 2.05) is 11.3 Å². The van der Waals surface area contributed by atoms with Crippen molar-refractivity contribution in [2.45, 2.75) is 57.8 Å². The zero-order valence-electron chi connectivity index (χ0n) is 28.0. The maximum atomic E-state index is 2.48. The van der Waals surface area contributed by atoms with Crippen LogP contribution in [0.25, 0.3) is 42.4 Å². The monoisotopic (exact) mass is 625 g/mol. The molecule has 0 saturated heterocycles. The van der Waals surface area contributed by atoms with Gasteiger partial charge in [0.1, 0.15) is 0 Å². The number of hydrogen-bond donors (Lipinski definition) is 0. The summed E-state index contributed by atoms with van der Waals surface area (Å²) in [6.45, 7) is 14.5. The third-order valence-corrected chi connectivity index (χ3v) is 13.0. The number of thiophene rings is 1. The summed E-state index contributed by atoms with van der Waals surface area (Å²) in [4.78, 5) is 2.45. The molecule has 0 fully saturated rings. The second-order valence-electron chi connectivity index (χ2n) is 15.0. The first-order valence-corrected chi connectivity index (χ1v) is 17.6. The minimum absolute atomic E-state index is 0.0617. The highest BCUT2D eigenvalue weighted by molar-refractivity contribution is 7.26. The van der Waals surface area contributed by atoms with E-state index in [0.29, 0.717) is 0 Å². The minimum Gasteiger partial charge on any atom is -0.310 e. The Morgan fingerprint density at radius 1 is 0.447 bits per heavy atom. The quantitative estimate of drug-likeness (QED) is 0.189. The molecule has 0 unspecified atom stereocenters. The first-order valence-electron chi connectivity index (χ1n) is 16.8. The van der Waals surface area contributed by atoms with Gasteiger partial charge in [-0.2, -0.15) is 0 Å². The largest absolute Gasteiger partial charge is 0.310 e. The van der Waals surface area contributed by atoms with Crippen LogP contribution in [0, 0.1) is 0 Å². The minimum atomic E-state index is -0.111. The van der Waals surface area contributed by atoms with Crippen molar-refractivity contribution >= 4 is 48.6 Å². The lowest BCUT2D eigenvalue weighted by Gasteiger charge is -2.49. The molecule has 0 radical (unpaired) electrons. The van der Waals surface area contributed by atoms with Gasteiger partial charge in [0.15, 0.2) is 0 Å². The summed E-state index contributed by atoms with van der Waals surface area (Å²) in [6.07, 6.45) is 0. The van der Waals surface area contributed by atoms with Crippen LogP contribution in [0.4, 0.5) is 17.1 Å². The molecule has 9 rings (SSSR count). The Bertz CT molecular complexity index is 2390. The average Bonchev–Trinajstić information content (AvgIpc) is 3.56. The maximum Gasteiger partial charge on any atom is 0.0465 e. The number of benzene rings is 6. The molecule has 0 aliphatic heterocycles. The second-order valence-corrected chi connectivity index (χ2v) is 16.1. The highest BCUT2D eigenvalue weighted by Crippen LogP contribution is 2.58. The summed E-state index contributed by atoms with van der Waals surface area (Å²) in [6, 6.07) is 47.7. The molecule has 1 nitrogen and oxygen atoms in total. The summed E-state index contributed by atoms with van der Waals surface area (Å²) in [7, 11) is 0. The Morgan fingerprint density at radius 3 is 1.81 bits per heavy atom. The first-order chi connectivity index (χ1) is 22.6. The van der Waals surface area contributed by atoms with E-state index in [1.165, 1.54) is 81.7 Å². The molecule has 0 atom stereocenters. The summed E-state index contributed by atoms with van der Waals surface area (Å²) < 4.78 is 2.80. The molecule has 2 heteroatoms. The van der Waals surface area contributed by atoms with Crippen LogP contribution >= 0.6 is 11.3 Å². The van der Waals surface area contributed by atoms with Crippen molar-refractivity contribution in [3.63, 3.8) is 0 Å². The van der Waals surface area contributed by atoms with Crippen LogP contribution < -0.4 is 4.90 Å². The predicted octanol–water partition coefficient (Wildman–Crippen LogP) is 13.1. The fraction of sp³-hybridized carbons (Fsp3) is 0.200. The van der Waals surface area contributed by atoms with Gasteiger partial charge in [-0.3, -0.25) is 0 Å². The third kappa shape index (κ3) is 3.82. The van der Waals surface area contributed by atoms with Gasteiger partial charge in [0, 0.05) is 48.1 Å². The molecule has 0 bridgehead atoms. The number of para-hydroxylation sites is 1. The zero-order valence-corrected chi connectivity index (χ0v) is 28.8. The second kappa shape index (κ2) is 9.69. The van der Waals surface area contributed by atoms with E-state index < -0.39 is 0 Å². The van der Waals surface area contributed by atoms with E-state index in [4.69, 9.17) is 0 Å². The third-order valence-electron chi connectivity index (χ3n) is 11.8. The number of rotatable bonds is 3. The average molecular weight is 626 g/mol. The van der Waals surface area contributed by atoms with Gasteiger partial charge in [-0.25, -0.2) is 0 Å². The van der Waals surface area contributed by atoms with E-state index in [9.17, 15) is 0 Å². The van der Waals surface area contributed by atoms with Crippen molar-refractivity contribution in [2.75, 3.05) is 4.90 Å². The number of fused-ring (bicyclic) bond motifs is 10. The van der Waals surface area contributed by atoms with Crippen LogP contribution in [0.15, 0.2) is 127 Å². The molecule has 230 valence electrons. The highest BCUT2D eigenvalue weighted by atomic mass is 32.1. The summed E-state index contributed by atoms with van der Waals surface area (Å²) in [5.74, 6) is 0. The maximum absolute atomic E-state index is 2.48. The van der Waals surface area contributed by atoms with Crippen molar-refractivity contribution in [3.8, 4) is 22.3 Å². The molecule has 0 saturated carbocycles. The molecule has 2 aliphatic carbocycles. The van der Waals surface area contributed by atoms with E-state index in [-0.39, 0.29) is 16.2 Å². The number of nitrogens with zero attached hydrogens (tertiary/aromatic N) is 1. The zero-order chi connectivity index (χ0) is 32.3. The van der Waals surface area contributed by atoms with Crippen LogP contribution in [0.2, 0.25) is 0 Å². The van der Waals surface area contributed by atoms with Gasteiger partial charge in [0.05, 0.1) is 0 Å². The van der Waals surface area contributed by atoms with Gasteiger partial charge >= 0.3 is 0 Å². The van der Waals surface area contributed by atoms with Crippen molar-refractivity contribution in [1.82, 2.24) is 0 Å². The fourth-order valence-corrected chi connectivity index (χ4v) is 9.97. The normalized spacial score (nSPS) is 16.4. The Morgan fingerprint density at radius 2 is 1.04 bits per heavy atom. The van der Waals surface area contributed by atoms with E-state index in [1.54, 1.807) is 0 Å². The van der Waals surface area contributed by atoms with Gasteiger partial charge in [-0.05, 0) is 92.4 Å². The summed E-state index contributed by atoms with van der Waals surface area (Å²) in [5, 5.41) is 2.74. The first kappa shape index (κ1) is 28.6. The molecular formula is C45H39NS. The van der Waals surface area contributed by atoms with Crippen LogP contribution in [-0.4, -0.2) is 0 Å². The van der Waals surface area contributed by atoms with Crippen LogP contribution in [0.5, 0.6) is 0 Å². The lowest BCUT2D eigenvalue weighted by Crippen LogP contribution is -2.43. The molecular weight excluding hydrogens is 587 g/mol. The van der Waals surface area contributed by atoms with Crippen molar-refractivity contribution in [1.29, 1.82) is 0 Å². The molecule has 0 N–H and O–H groups in total. The van der Waals surface area contributed by atoms with E-state index >= 15 is 0 Å². The molecule has 0 amide bonds. The van der Waals surface area contributed by atoms with Crippen LogP contribution in [0.1, 0.15) is 63.8 Å². The van der Waals surface area contributed by atoms with Gasteiger partial charge < -0.3 is 4.90 Å². The van der Waals surface area contributed by atoms with E-state index in [0.717, 1.165) is 0 Å². The molecule has 47 heavy (non-hydrogen) atoms. The van der Waals surface area contributed by atoms with Crippen molar-refractivity contribution in [2.24, 2.45) is 0 Å². The summed E-state index contributed by atoms with van der Waals surface area (Å²) in [5.41, 5.74) is 14.4. The van der Waals surface area contributed by atoms with Crippen LogP contribution in [-0.2, 0) is 16.2 Å². The van der Waals surface area contributed by atoms with Crippen molar-refractivity contribution < 1.29 is 0 Å². The molecule has 1 aromatic heterocycles. The number of anilines is 3. The Hall–Kier alpha value is -4.66. The van der Waals surface area contributed by atoms with Gasteiger partial charge in [-0.1, -0.05) is 126 Å². The molecule has 0 spiro atoms.